The van der Waals surface area contributed by atoms with E-state index in [9.17, 15) is 13.2 Å². The summed E-state index contributed by atoms with van der Waals surface area (Å²) in [6.07, 6.45) is 0. The Hall–Kier alpha value is -2.09. The molecule has 0 bridgehead atoms. The topological polar surface area (TPSA) is 98.5 Å². The number of anilines is 1. The van der Waals surface area contributed by atoms with E-state index in [4.69, 9.17) is 21.5 Å². The zero-order valence-electron chi connectivity index (χ0n) is 12.5. The summed E-state index contributed by atoms with van der Waals surface area (Å²) in [4.78, 5) is 12.2. The first-order chi connectivity index (χ1) is 10.7. The van der Waals surface area contributed by atoms with Crippen LogP contribution in [0.15, 0.2) is 41.3 Å². The van der Waals surface area contributed by atoms with Crippen LogP contribution in [0.2, 0.25) is 5.02 Å². The van der Waals surface area contributed by atoms with Crippen molar-refractivity contribution < 1.29 is 17.9 Å². The molecule has 2 aromatic carbocycles. The second-order valence-corrected chi connectivity index (χ2v) is 6.79. The van der Waals surface area contributed by atoms with Crippen LogP contribution < -0.4 is 15.2 Å². The first-order valence-corrected chi connectivity index (χ1v) is 8.43. The predicted octanol–water partition coefficient (Wildman–Crippen LogP) is 2.56. The van der Waals surface area contributed by atoms with E-state index in [1.54, 1.807) is 19.1 Å². The Morgan fingerprint density at radius 3 is 2.52 bits per heavy atom. The third kappa shape index (κ3) is 4.01. The molecule has 0 aliphatic rings. The minimum atomic E-state index is -3.91. The Morgan fingerprint density at radius 2 is 1.91 bits per heavy atom. The van der Waals surface area contributed by atoms with Crippen LogP contribution in [0.5, 0.6) is 5.75 Å². The highest BCUT2D eigenvalue weighted by atomic mass is 35.5. The lowest BCUT2D eigenvalue weighted by Crippen LogP contribution is -2.17. The van der Waals surface area contributed by atoms with E-state index in [0.717, 1.165) is 0 Å². The fourth-order valence-electron chi connectivity index (χ4n) is 2.02. The molecule has 0 heterocycles. The monoisotopic (exact) mass is 354 g/mol. The highest BCUT2D eigenvalue weighted by Gasteiger charge is 2.16. The molecule has 6 nitrogen and oxygen atoms in total. The number of halogens is 1. The number of primary sulfonamides is 1. The van der Waals surface area contributed by atoms with Gasteiger partial charge in [-0.25, -0.2) is 13.6 Å². The molecule has 0 aliphatic carbocycles. The van der Waals surface area contributed by atoms with Crippen LogP contribution in [0.4, 0.5) is 5.69 Å². The quantitative estimate of drug-likeness (QED) is 0.881. The first-order valence-electron chi connectivity index (χ1n) is 6.50. The van der Waals surface area contributed by atoms with Gasteiger partial charge in [0, 0.05) is 10.6 Å². The number of amides is 1. The molecule has 122 valence electrons. The molecule has 2 rings (SSSR count). The summed E-state index contributed by atoms with van der Waals surface area (Å²) in [5.74, 6) is -0.0722. The minimum Gasteiger partial charge on any atom is -0.495 e. The Kier molecular flexibility index (Phi) is 4.93. The van der Waals surface area contributed by atoms with Crippen molar-refractivity contribution in [2.75, 3.05) is 12.4 Å². The fourth-order valence-corrected chi connectivity index (χ4v) is 3.00. The van der Waals surface area contributed by atoms with Crippen LogP contribution >= 0.6 is 11.6 Å². The van der Waals surface area contributed by atoms with Crippen molar-refractivity contribution in [3.63, 3.8) is 0 Å². The number of methoxy groups -OCH3 is 1. The summed E-state index contributed by atoms with van der Waals surface area (Å²) in [7, 11) is -2.45. The van der Waals surface area contributed by atoms with Crippen molar-refractivity contribution >= 4 is 33.2 Å². The molecule has 0 saturated heterocycles. The maximum atomic E-state index is 12.3. The number of carbonyl (C=O) groups excluding carboxylic acids is 1. The SMILES string of the molecule is COc1ccc(Cl)cc1NC(=O)c1ccc(C)c(S(N)(=O)=O)c1. The Balaban J connectivity index is 2.37. The van der Waals surface area contributed by atoms with Gasteiger partial charge in [-0.3, -0.25) is 4.79 Å². The molecule has 0 aliphatic heterocycles. The molecule has 0 aromatic heterocycles. The van der Waals surface area contributed by atoms with E-state index in [0.29, 0.717) is 22.0 Å². The van der Waals surface area contributed by atoms with Crippen LogP contribution in [0.25, 0.3) is 0 Å². The molecule has 1 amide bonds. The van der Waals surface area contributed by atoms with Gasteiger partial charge in [-0.1, -0.05) is 17.7 Å². The Morgan fingerprint density at radius 1 is 1.22 bits per heavy atom. The van der Waals surface area contributed by atoms with E-state index >= 15 is 0 Å². The smallest absolute Gasteiger partial charge is 0.255 e. The Labute approximate surface area is 139 Å². The predicted molar refractivity (Wildman–Crippen MR) is 88.5 cm³/mol. The standard InChI is InChI=1S/C15H15ClN2O4S/c1-9-3-4-10(7-14(9)23(17,20)21)15(19)18-12-8-11(16)5-6-13(12)22-2/h3-8H,1-2H3,(H,18,19)(H2,17,20,21). The van der Waals surface area contributed by atoms with E-state index in [2.05, 4.69) is 5.32 Å². The number of sulfonamides is 1. The second-order valence-electron chi connectivity index (χ2n) is 4.82. The lowest BCUT2D eigenvalue weighted by Gasteiger charge is -2.11. The van der Waals surface area contributed by atoms with Gasteiger partial charge >= 0.3 is 0 Å². The average Bonchev–Trinajstić information content (AvgIpc) is 2.46. The largest absolute Gasteiger partial charge is 0.495 e. The van der Waals surface area contributed by atoms with Gasteiger partial charge in [-0.05, 0) is 42.8 Å². The van der Waals surface area contributed by atoms with Crippen LogP contribution in [0, 0.1) is 6.92 Å². The van der Waals surface area contributed by atoms with Crippen molar-refractivity contribution in [3.8, 4) is 5.75 Å². The number of hydrogen-bond donors (Lipinski definition) is 2. The summed E-state index contributed by atoms with van der Waals surface area (Å²) < 4.78 is 28.2. The summed E-state index contributed by atoms with van der Waals surface area (Å²) in [6.45, 7) is 1.60. The summed E-state index contributed by atoms with van der Waals surface area (Å²) in [5, 5.41) is 8.21. The van der Waals surface area contributed by atoms with E-state index in [-0.39, 0.29) is 10.5 Å². The molecule has 0 spiro atoms. The van der Waals surface area contributed by atoms with Crippen LogP contribution in [-0.4, -0.2) is 21.4 Å². The Bertz CT molecular complexity index is 866. The lowest BCUT2D eigenvalue weighted by molar-refractivity contribution is 0.102. The van der Waals surface area contributed by atoms with Gasteiger partial charge in [0.25, 0.3) is 5.91 Å². The van der Waals surface area contributed by atoms with Gasteiger partial charge in [0.2, 0.25) is 10.0 Å². The molecular formula is C15H15ClN2O4S. The zero-order chi connectivity index (χ0) is 17.2. The summed E-state index contributed by atoms with van der Waals surface area (Å²) >= 11 is 5.91. The maximum absolute atomic E-state index is 12.3. The number of hydrogen-bond acceptors (Lipinski definition) is 4. The maximum Gasteiger partial charge on any atom is 0.255 e. The molecule has 0 radical (unpaired) electrons. The van der Waals surface area contributed by atoms with E-state index in [1.165, 1.54) is 31.4 Å². The van der Waals surface area contributed by atoms with Crippen LogP contribution in [0.1, 0.15) is 15.9 Å². The molecule has 0 saturated carbocycles. The number of carbonyl (C=O) groups is 1. The first kappa shape index (κ1) is 17.3. The lowest BCUT2D eigenvalue weighted by atomic mass is 10.1. The van der Waals surface area contributed by atoms with Crippen molar-refractivity contribution in [3.05, 3.63) is 52.5 Å². The molecule has 0 unspecified atom stereocenters. The number of nitrogens with one attached hydrogen (secondary N) is 1. The number of nitrogens with two attached hydrogens (primary N) is 1. The molecule has 0 atom stereocenters. The van der Waals surface area contributed by atoms with Crippen LogP contribution in [-0.2, 0) is 10.0 Å². The molecule has 23 heavy (non-hydrogen) atoms. The molecule has 3 N–H and O–H groups in total. The number of benzene rings is 2. The van der Waals surface area contributed by atoms with E-state index < -0.39 is 15.9 Å². The van der Waals surface area contributed by atoms with Crippen LogP contribution in [0.3, 0.4) is 0 Å². The van der Waals surface area contributed by atoms with Crippen molar-refractivity contribution in [1.82, 2.24) is 0 Å². The third-order valence-corrected chi connectivity index (χ3v) is 4.45. The van der Waals surface area contributed by atoms with Gasteiger partial charge in [-0.2, -0.15) is 0 Å². The fraction of sp³-hybridized carbons (Fsp3) is 0.133. The van der Waals surface area contributed by atoms with Crippen molar-refractivity contribution in [2.45, 2.75) is 11.8 Å². The van der Waals surface area contributed by atoms with E-state index in [1.807, 2.05) is 0 Å². The highest BCUT2D eigenvalue weighted by molar-refractivity contribution is 7.89. The van der Waals surface area contributed by atoms with Gasteiger partial charge < -0.3 is 10.1 Å². The molecule has 2 aromatic rings. The molecule has 0 fully saturated rings. The van der Waals surface area contributed by atoms with Gasteiger partial charge in [-0.15, -0.1) is 0 Å². The highest BCUT2D eigenvalue weighted by Crippen LogP contribution is 2.28. The van der Waals surface area contributed by atoms with Gasteiger partial charge in [0.1, 0.15) is 5.75 Å². The number of ether oxygens (including phenoxy) is 1. The van der Waals surface area contributed by atoms with Gasteiger partial charge in [0.05, 0.1) is 17.7 Å². The minimum absolute atomic E-state index is 0.0943. The molecular weight excluding hydrogens is 340 g/mol. The number of aryl methyl sites for hydroxylation is 1. The van der Waals surface area contributed by atoms with Crippen molar-refractivity contribution in [1.29, 1.82) is 0 Å². The number of rotatable bonds is 4. The molecule has 8 heteroatoms. The normalized spacial score (nSPS) is 11.1. The zero-order valence-corrected chi connectivity index (χ0v) is 14.0. The summed E-state index contributed by atoms with van der Waals surface area (Å²) in [5.41, 5.74) is 0.994. The van der Waals surface area contributed by atoms with Gasteiger partial charge in [0.15, 0.2) is 0 Å². The summed E-state index contributed by atoms with van der Waals surface area (Å²) in [6, 6.07) is 9.04. The third-order valence-electron chi connectivity index (χ3n) is 3.17. The van der Waals surface area contributed by atoms with Crippen molar-refractivity contribution in [2.24, 2.45) is 5.14 Å². The second kappa shape index (κ2) is 6.57. The average molecular weight is 355 g/mol.